The van der Waals surface area contributed by atoms with Gasteiger partial charge in [0.25, 0.3) is 0 Å². The first-order chi connectivity index (χ1) is 11.5. The van der Waals surface area contributed by atoms with Crippen LogP contribution in [0.4, 0.5) is 5.82 Å². The number of carboxylic acid groups (broad SMARTS) is 1. The van der Waals surface area contributed by atoms with Crippen molar-refractivity contribution in [2.24, 2.45) is 0 Å². The first-order valence-corrected chi connectivity index (χ1v) is 9.47. The summed E-state index contributed by atoms with van der Waals surface area (Å²) in [5.41, 5.74) is 2.76. The predicted octanol–water partition coefficient (Wildman–Crippen LogP) is 4.76. The number of nitrogens with zero attached hydrogens (tertiary/aromatic N) is 1. The Kier molecular flexibility index (Phi) is 9.92. The van der Waals surface area contributed by atoms with Gasteiger partial charge in [-0.25, -0.2) is 9.78 Å². The van der Waals surface area contributed by atoms with Crippen LogP contribution in [0.15, 0.2) is 47.7 Å². The third-order valence-electron chi connectivity index (χ3n) is 3.40. The van der Waals surface area contributed by atoms with Crippen LogP contribution in [0.1, 0.15) is 40.0 Å². The van der Waals surface area contributed by atoms with Crippen molar-refractivity contribution in [3.63, 3.8) is 0 Å². The molecule has 0 aromatic carbocycles. The molecule has 0 fully saturated rings. The lowest BCUT2D eigenvalue weighted by Gasteiger charge is -2.14. The number of pyridine rings is 1. The molecule has 4 nitrogen and oxygen atoms in total. The van der Waals surface area contributed by atoms with Crippen molar-refractivity contribution in [1.29, 1.82) is 0 Å². The molecule has 0 saturated heterocycles. The van der Waals surface area contributed by atoms with Crippen molar-refractivity contribution >= 4 is 23.5 Å². The second-order valence-corrected chi connectivity index (χ2v) is 6.96. The Balaban J connectivity index is 2.50. The van der Waals surface area contributed by atoms with E-state index in [1.54, 1.807) is 24.0 Å². The van der Waals surface area contributed by atoms with E-state index in [9.17, 15) is 9.90 Å². The summed E-state index contributed by atoms with van der Waals surface area (Å²) in [7, 11) is 0. The number of aromatic nitrogens is 1. The predicted molar refractivity (Wildman–Crippen MR) is 104 cm³/mol. The van der Waals surface area contributed by atoms with E-state index >= 15 is 0 Å². The number of hydrogen-bond donors (Lipinski definition) is 2. The SMILES string of the molecule is CCC/C(=C/CSCC(Nc1ccccn1)C(=O)O)CC=C(C)C. The monoisotopic (exact) mass is 348 g/mol. The van der Waals surface area contributed by atoms with Crippen LogP contribution in [-0.4, -0.2) is 33.6 Å². The highest BCUT2D eigenvalue weighted by molar-refractivity contribution is 7.99. The van der Waals surface area contributed by atoms with E-state index < -0.39 is 12.0 Å². The molecule has 1 aromatic heterocycles. The molecule has 0 radical (unpaired) electrons. The molecule has 1 rings (SSSR count). The van der Waals surface area contributed by atoms with Crippen LogP contribution < -0.4 is 5.32 Å². The number of anilines is 1. The lowest BCUT2D eigenvalue weighted by molar-refractivity contribution is -0.137. The van der Waals surface area contributed by atoms with Gasteiger partial charge in [-0.15, -0.1) is 0 Å². The summed E-state index contributed by atoms with van der Waals surface area (Å²) in [6.45, 7) is 6.40. The number of nitrogens with one attached hydrogen (secondary N) is 1. The lowest BCUT2D eigenvalue weighted by atomic mass is 10.1. The molecule has 1 aromatic rings. The number of carboxylic acids is 1. The maximum atomic E-state index is 11.4. The summed E-state index contributed by atoms with van der Waals surface area (Å²) in [5.74, 6) is 1.08. The van der Waals surface area contributed by atoms with Gasteiger partial charge in [-0.2, -0.15) is 11.8 Å². The fraction of sp³-hybridized carbons (Fsp3) is 0.474. The van der Waals surface area contributed by atoms with Crippen molar-refractivity contribution in [3.05, 3.63) is 47.7 Å². The van der Waals surface area contributed by atoms with Crippen LogP contribution in [0.5, 0.6) is 0 Å². The maximum absolute atomic E-state index is 11.4. The van der Waals surface area contributed by atoms with Crippen molar-refractivity contribution in [2.45, 2.75) is 46.1 Å². The molecule has 0 amide bonds. The van der Waals surface area contributed by atoms with Gasteiger partial charge < -0.3 is 10.4 Å². The minimum absolute atomic E-state index is 0.504. The van der Waals surface area contributed by atoms with E-state index in [1.807, 2.05) is 12.1 Å². The van der Waals surface area contributed by atoms with Gasteiger partial charge in [-0.3, -0.25) is 0 Å². The van der Waals surface area contributed by atoms with Crippen molar-refractivity contribution in [2.75, 3.05) is 16.8 Å². The van der Waals surface area contributed by atoms with Crippen molar-refractivity contribution in [1.82, 2.24) is 4.98 Å². The van der Waals surface area contributed by atoms with Gasteiger partial charge in [-0.05, 0) is 38.8 Å². The van der Waals surface area contributed by atoms with Crippen LogP contribution in [0.2, 0.25) is 0 Å². The van der Waals surface area contributed by atoms with E-state index in [4.69, 9.17) is 0 Å². The molecule has 0 saturated carbocycles. The average Bonchev–Trinajstić information content (AvgIpc) is 2.55. The number of carbonyl (C=O) groups is 1. The van der Waals surface area contributed by atoms with Gasteiger partial charge in [0, 0.05) is 17.7 Å². The van der Waals surface area contributed by atoms with Crippen LogP contribution >= 0.6 is 11.8 Å². The van der Waals surface area contributed by atoms with E-state index in [1.165, 1.54) is 11.1 Å². The van der Waals surface area contributed by atoms with Gasteiger partial charge >= 0.3 is 5.97 Å². The molecule has 1 unspecified atom stereocenters. The smallest absolute Gasteiger partial charge is 0.327 e. The fourth-order valence-electron chi connectivity index (χ4n) is 2.11. The Bertz CT molecular complexity index is 552. The highest BCUT2D eigenvalue weighted by Gasteiger charge is 2.17. The second-order valence-electron chi connectivity index (χ2n) is 5.89. The Morgan fingerprint density at radius 3 is 2.75 bits per heavy atom. The number of aliphatic carboxylic acids is 1. The molecule has 0 spiro atoms. The number of hydrogen-bond acceptors (Lipinski definition) is 4. The minimum Gasteiger partial charge on any atom is -0.480 e. The first-order valence-electron chi connectivity index (χ1n) is 8.32. The van der Waals surface area contributed by atoms with Crippen molar-refractivity contribution < 1.29 is 9.90 Å². The third-order valence-corrected chi connectivity index (χ3v) is 4.37. The molecular formula is C19H28N2O2S. The van der Waals surface area contributed by atoms with Crippen LogP contribution in [0, 0.1) is 0 Å². The Hall–Kier alpha value is -1.75. The summed E-state index contributed by atoms with van der Waals surface area (Å²) < 4.78 is 0. The molecule has 0 aliphatic heterocycles. The van der Waals surface area contributed by atoms with Gasteiger partial charge in [0.1, 0.15) is 11.9 Å². The maximum Gasteiger partial charge on any atom is 0.327 e. The Labute approximate surface area is 149 Å². The van der Waals surface area contributed by atoms with Crippen LogP contribution in [0.25, 0.3) is 0 Å². The molecule has 1 heterocycles. The topological polar surface area (TPSA) is 62.2 Å². The highest BCUT2D eigenvalue weighted by Crippen LogP contribution is 2.15. The van der Waals surface area contributed by atoms with E-state index in [0.29, 0.717) is 11.6 Å². The summed E-state index contributed by atoms with van der Waals surface area (Å²) in [6, 6.07) is 4.79. The zero-order valence-corrected chi connectivity index (χ0v) is 15.6. The molecule has 5 heteroatoms. The molecule has 0 aliphatic carbocycles. The lowest BCUT2D eigenvalue weighted by Crippen LogP contribution is -2.32. The van der Waals surface area contributed by atoms with Crippen LogP contribution in [0.3, 0.4) is 0 Å². The van der Waals surface area contributed by atoms with Gasteiger partial charge in [0.05, 0.1) is 0 Å². The summed E-state index contributed by atoms with van der Waals surface area (Å²) in [6.07, 6.45) is 9.36. The van der Waals surface area contributed by atoms with E-state index in [-0.39, 0.29) is 0 Å². The largest absolute Gasteiger partial charge is 0.480 e. The minimum atomic E-state index is -0.851. The number of thioether (sulfide) groups is 1. The van der Waals surface area contributed by atoms with E-state index in [2.05, 4.69) is 43.2 Å². The standard InChI is InChI=1S/C19H28N2O2S/c1-4-7-16(10-9-15(2)3)11-13-24-14-17(19(22)23)21-18-8-5-6-12-20-18/h5-6,8-9,11-12,17H,4,7,10,13-14H2,1-3H3,(H,20,21)(H,22,23)/b16-11-. The zero-order chi connectivity index (χ0) is 17.8. The zero-order valence-electron chi connectivity index (χ0n) is 14.8. The summed E-state index contributed by atoms with van der Waals surface area (Å²) in [4.78, 5) is 15.5. The number of allylic oxidation sites excluding steroid dienone is 3. The molecule has 1 atom stereocenters. The quantitative estimate of drug-likeness (QED) is 0.446. The van der Waals surface area contributed by atoms with Gasteiger partial charge in [-0.1, -0.05) is 42.7 Å². The van der Waals surface area contributed by atoms with E-state index in [0.717, 1.165) is 25.0 Å². The summed E-state index contributed by atoms with van der Waals surface area (Å²) in [5, 5.41) is 12.3. The second kappa shape index (κ2) is 11.7. The Morgan fingerprint density at radius 1 is 1.38 bits per heavy atom. The molecule has 0 bridgehead atoms. The normalized spacial score (nSPS) is 12.5. The Morgan fingerprint density at radius 2 is 2.17 bits per heavy atom. The van der Waals surface area contributed by atoms with Gasteiger partial charge in [0.15, 0.2) is 0 Å². The number of rotatable bonds is 11. The average molecular weight is 349 g/mol. The molecule has 2 N–H and O–H groups in total. The van der Waals surface area contributed by atoms with Crippen molar-refractivity contribution in [3.8, 4) is 0 Å². The molecule has 24 heavy (non-hydrogen) atoms. The molecular weight excluding hydrogens is 320 g/mol. The fourth-order valence-corrected chi connectivity index (χ4v) is 3.06. The van der Waals surface area contributed by atoms with Crippen LogP contribution in [-0.2, 0) is 4.79 Å². The highest BCUT2D eigenvalue weighted by atomic mass is 32.2. The third kappa shape index (κ3) is 8.77. The molecule has 132 valence electrons. The summed E-state index contributed by atoms with van der Waals surface area (Å²) >= 11 is 1.63. The first kappa shape index (κ1) is 20.3. The molecule has 0 aliphatic rings. The van der Waals surface area contributed by atoms with Gasteiger partial charge in [0.2, 0.25) is 0 Å².